The second-order valence-corrected chi connectivity index (χ2v) is 8.73. The first kappa shape index (κ1) is 21.3. The largest absolute Gasteiger partial charge is 0.459 e. The van der Waals surface area contributed by atoms with Crippen LogP contribution in [0, 0.1) is 13.8 Å². The van der Waals surface area contributed by atoms with Crippen LogP contribution in [0.4, 0.5) is 0 Å². The summed E-state index contributed by atoms with van der Waals surface area (Å²) in [5, 5.41) is 2.98. The summed E-state index contributed by atoms with van der Waals surface area (Å²) in [4.78, 5) is 31.0. The van der Waals surface area contributed by atoms with Crippen LogP contribution in [0.2, 0.25) is 5.02 Å². The first-order valence-corrected chi connectivity index (χ1v) is 11.1. The number of nitrogens with zero attached hydrogens (tertiary/aromatic N) is 2. The van der Waals surface area contributed by atoms with Crippen LogP contribution in [0.15, 0.2) is 59.0 Å². The predicted molar refractivity (Wildman–Crippen MR) is 125 cm³/mol. The van der Waals surface area contributed by atoms with Crippen molar-refractivity contribution in [3.63, 3.8) is 0 Å². The van der Waals surface area contributed by atoms with Crippen molar-refractivity contribution in [2.45, 2.75) is 33.4 Å². The molecule has 4 rings (SSSR count). The van der Waals surface area contributed by atoms with Crippen molar-refractivity contribution in [3.8, 4) is 11.1 Å². The van der Waals surface area contributed by atoms with Gasteiger partial charge in [0.15, 0.2) is 0 Å². The van der Waals surface area contributed by atoms with E-state index in [2.05, 4.69) is 18.0 Å². The smallest absolute Gasteiger partial charge is 0.329 e. The van der Waals surface area contributed by atoms with Gasteiger partial charge in [0.1, 0.15) is 17.5 Å². The Balaban J connectivity index is 1.65. The molecule has 2 aromatic carbocycles. The Morgan fingerprint density at radius 2 is 1.97 bits per heavy atom. The molecule has 0 fully saturated rings. The van der Waals surface area contributed by atoms with Crippen LogP contribution in [0.5, 0.6) is 0 Å². The maximum absolute atomic E-state index is 13.3. The lowest BCUT2D eigenvalue weighted by Gasteiger charge is -2.15. The summed E-state index contributed by atoms with van der Waals surface area (Å²) in [7, 11) is 0. The number of hydrogen-bond acceptors (Lipinski definition) is 5. The fourth-order valence-corrected chi connectivity index (χ4v) is 4.44. The van der Waals surface area contributed by atoms with Gasteiger partial charge >= 0.3 is 5.97 Å². The molecule has 0 saturated carbocycles. The van der Waals surface area contributed by atoms with Crippen LogP contribution in [0.25, 0.3) is 21.3 Å². The van der Waals surface area contributed by atoms with E-state index in [1.807, 2.05) is 36.6 Å². The highest BCUT2D eigenvalue weighted by molar-refractivity contribution is 7.17. The maximum Gasteiger partial charge on any atom is 0.329 e. The van der Waals surface area contributed by atoms with Crippen molar-refractivity contribution in [2.75, 3.05) is 0 Å². The molecular formula is C24H21ClN2O3S. The molecule has 0 N–H and O–H groups in total. The number of rotatable bonds is 5. The summed E-state index contributed by atoms with van der Waals surface area (Å²) in [6.45, 7) is 5.77. The number of fused-ring (bicyclic) bond motifs is 1. The Bertz CT molecular complexity index is 1340. The zero-order chi connectivity index (χ0) is 22.1. The van der Waals surface area contributed by atoms with Gasteiger partial charge in [0.05, 0.1) is 11.7 Å². The van der Waals surface area contributed by atoms with Gasteiger partial charge in [0.25, 0.3) is 5.56 Å². The van der Waals surface area contributed by atoms with Gasteiger partial charge in [-0.15, -0.1) is 11.3 Å². The number of carbonyl (C=O) groups is 1. The van der Waals surface area contributed by atoms with Crippen LogP contribution in [-0.2, 0) is 16.1 Å². The van der Waals surface area contributed by atoms with E-state index in [4.69, 9.17) is 16.3 Å². The lowest BCUT2D eigenvalue weighted by Crippen LogP contribution is -2.29. The molecule has 31 heavy (non-hydrogen) atoms. The number of esters is 1. The molecular weight excluding hydrogens is 432 g/mol. The highest BCUT2D eigenvalue weighted by atomic mass is 35.5. The molecule has 1 atom stereocenters. The summed E-state index contributed by atoms with van der Waals surface area (Å²) in [5.41, 5.74) is 4.57. The number of carbonyl (C=O) groups excluding carboxylic acids is 1. The van der Waals surface area contributed by atoms with Crippen LogP contribution < -0.4 is 5.56 Å². The molecule has 0 bridgehead atoms. The number of halogens is 1. The monoisotopic (exact) mass is 452 g/mol. The van der Waals surface area contributed by atoms with E-state index in [1.54, 1.807) is 19.1 Å². The normalized spacial score (nSPS) is 12.1. The zero-order valence-electron chi connectivity index (χ0n) is 17.4. The van der Waals surface area contributed by atoms with Gasteiger partial charge in [-0.25, -0.2) is 9.78 Å². The van der Waals surface area contributed by atoms with Gasteiger partial charge in [0.2, 0.25) is 0 Å². The third-order valence-corrected chi connectivity index (χ3v) is 6.68. The second-order valence-electron chi connectivity index (χ2n) is 7.46. The van der Waals surface area contributed by atoms with E-state index in [-0.39, 0.29) is 12.2 Å². The minimum Gasteiger partial charge on any atom is -0.459 e. The molecule has 7 heteroatoms. The summed E-state index contributed by atoms with van der Waals surface area (Å²) in [6, 6.07) is 12.5. The molecule has 0 saturated heterocycles. The van der Waals surface area contributed by atoms with Crippen LogP contribution >= 0.6 is 22.9 Å². The first-order valence-electron chi connectivity index (χ1n) is 9.83. The number of aromatic nitrogens is 2. The van der Waals surface area contributed by atoms with Gasteiger partial charge in [-0.05, 0) is 43.5 Å². The average molecular weight is 453 g/mol. The number of hydrogen-bond donors (Lipinski definition) is 0. The molecule has 2 aromatic heterocycles. The number of ether oxygens (including phenoxy) is 1. The third kappa shape index (κ3) is 4.13. The minimum absolute atomic E-state index is 0.0413. The minimum atomic E-state index is -0.820. The summed E-state index contributed by atoms with van der Waals surface area (Å²) in [6.07, 6.45) is 1.41. The van der Waals surface area contributed by atoms with E-state index in [0.29, 0.717) is 20.8 Å². The standard InChI is InChI=1S/C24H21ClN2O3S/c1-14-8-9-17(10-15(14)2)19-12-31-22-21(19)23(28)27(13-26-22)16(3)24(29)30-11-18-6-4-5-7-20(18)25/h4-10,12-13,16H,11H2,1-3H3/t16-/m1/s1. The van der Waals surface area contributed by atoms with Crippen molar-refractivity contribution in [2.24, 2.45) is 0 Å². The summed E-state index contributed by atoms with van der Waals surface area (Å²) >= 11 is 7.54. The lowest BCUT2D eigenvalue weighted by molar-refractivity contribution is -0.148. The molecule has 0 aliphatic rings. The molecule has 158 valence electrons. The van der Waals surface area contributed by atoms with E-state index in [0.717, 1.165) is 16.7 Å². The Hall–Kier alpha value is -2.96. The zero-order valence-corrected chi connectivity index (χ0v) is 19.0. The number of aryl methyl sites for hydroxylation is 2. The summed E-state index contributed by atoms with van der Waals surface area (Å²) < 4.78 is 6.74. The van der Waals surface area contributed by atoms with Crippen molar-refractivity contribution < 1.29 is 9.53 Å². The Kier molecular flexibility index (Phi) is 5.94. The lowest BCUT2D eigenvalue weighted by atomic mass is 10.0. The van der Waals surface area contributed by atoms with Crippen molar-refractivity contribution >= 4 is 39.1 Å². The molecule has 0 radical (unpaired) electrons. The molecule has 0 spiro atoms. The van der Waals surface area contributed by atoms with Crippen molar-refractivity contribution in [1.29, 1.82) is 0 Å². The summed E-state index contributed by atoms with van der Waals surface area (Å²) in [5.74, 6) is -0.522. The molecule has 5 nitrogen and oxygen atoms in total. The van der Waals surface area contributed by atoms with Crippen LogP contribution in [0.1, 0.15) is 29.7 Å². The number of benzene rings is 2. The maximum atomic E-state index is 13.3. The fourth-order valence-electron chi connectivity index (χ4n) is 3.34. The van der Waals surface area contributed by atoms with Crippen LogP contribution in [-0.4, -0.2) is 15.5 Å². The Morgan fingerprint density at radius 3 is 2.71 bits per heavy atom. The highest BCUT2D eigenvalue weighted by Gasteiger charge is 2.22. The van der Waals surface area contributed by atoms with E-state index >= 15 is 0 Å². The fraction of sp³-hybridized carbons (Fsp3) is 0.208. The molecule has 0 unspecified atom stereocenters. The van der Waals surface area contributed by atoms with Gasteiger partial charge < -0.3 is 4.74 Å². The first-order chi connectivity index (χ1) is 14.9. The van der Waals surface area contributed by atoms with Gasteiger partial charge in [-0.3, -0.25) is 9.36 Å². The third-order valence-electron chi connectivity index (χ3n) is 5.42. The SMILES string of the molecule is Cc1ccc(-c2csc3ncn([C@H](C)C(=O)OCc4ccccc4Cl)c(=O)c23)cc1C. The van der Waals surface area contributed by atoms with Gasteiger partial charge in [-0.1, -0.05) is 48.0 Å². The molecule has 0 aliphatic heterocycles. The van der Waals surface area contributed by atoms with Gasteiger partial charge in [-0.2, -0.15) is 0 Å². The topological polar surface area (TPSA) is 61.2 Å². The van der Waals surface area contributed by atoms with E-state index < -0.39 is 12.0 Å². The highest BCUT2D eigenvalue weighted by Crippen LogP contribution is 2.32. The van der Waals surface area contributed by atoms with E-state index in [1.165, 1.54) is 27.8 Å². The van der Waals surface area contributed by atoms with Crippen molar-refractivity contribution in [3.05, 3.63) is 86.2 Å². The average Bonchev–Trinajstić information content (AvgIpc) is 3.20. The molecule has 2 heterocycles. The van der Waals surface area contributed by atoms with Gasteiger partial charge in [0, 0.05) is 21.5 Å². The Labute approximate surface area is 188 Å². The van der Waals surface area contributed by atoms with Crippen molar-refractivity contribution in [1.82, 2.24) is 9.55 Å². The molecule has 0 aliphatic carbocycles. The number of thiophene rings is 1. The van der Waals surface area contributed by atoms with Crippen LogP contribution in [0.3, 0.4) is 0 Å². The Morgan fingerprint density at radius 1 is 1.19 bits per heavy atom. The van der Waals surface area contributed by atoms with E-state index in [9.17, 15) is 9.59 Å². The molecule has 0 amide bonds. The predicted octanol–water partition coefficient (Wildman–Crippen LogP) is 5.70. The quantitative estimate of drug-likeness (QED) is 0.364. The molecule has 4 aromatic rings. The second kappa shape index (κ2) is 8.65.